The van der Waals surface area contributed by atoms with Gasteiger partial charge in [0.15, 0.2) is 17.3 Å². The Morgan fingerprint density at radius 2 is 1.52 bits per heavy atom. The van der Waals surface area contributed by atoms with Gasteiger partial charge in [0.1, 0.15) is 23.0 Å². The standard InChI is InChI=1S/C25H24O8/c1-5-25(32)10-13(26)14-15(18(25)23(31)33-24(2,3)4)22(30)17-16(21(14)29)19(27)11-8-6-7-9-12(11)20(17)28/h6-9,18,29-30,32H,5,10H2,1-4H3/t18-,25?/m0/s1. The normalized spacial score (nSPS) is 21.8. The van der Waals surface area contributed by atoms with Crippen LogP contribution in [0.15, 0.2) is 24.3 Å². The average Bonchev–Trinajstić information content (AvgIpc) is 2.72. The minimum Gasteiger partial charge on any atom is -0.507 e. The van der Waals surface area contributed by atoms with Crippen LogP contribution in [0.25, 0.3) is 0 Å². The van der Waals surface area contributed by atoms with Crippen LogP contribution in [0.2, 0.25) is 0 Å². The van der Waals surface area contributed by atoms with E-state index in [1.807, 2.05) is 0 Å². The second kappa shape index (κ2) is 7.25. The molecule has 8 nitrogen and oxygen atoms in total. The van der Waals surface area contributed by atoms with Gasteiger partial charge in [0, 0.05) is 23.1 Å². The molecule has 2 aromatic carbocycles. The highest BCUT2D eigenvalue weighted by molar-refractivity contribution is 6.31. The van der Waals surface area contributed by atoms with Gasteiger partial charge in [-0.2, -0.15) is 0 Å². The maximum absolute atomic E-state index is 13.2. The number of ketones is 3. The lowest BCUT2D eigenvalue weighted by Crippen LogP contribution is -2.48. The Hall–Kier alpha value is -3.52. The number of aromatic hydroxyl groups is 2. The average molecular weight is 452 g/mol. The third-order valence-electron chi connectivity index (χ3n) is 6.18. The summed E-state index contributed by atoms with van der Waals surface area (Å²) in [5, 5.41) is 33.5. The van der Waals surface area contributed by atoms with Crippen LogP contribution in [0.4, 0.5) is 0 Å². The monoisotopic (exact) mass is 452 g/mol. The van der Waals surface area contributed by atoms with Crippen molar-refractivity contribution in [2.45, 2.75) is 57.7 Å². The van der Waals surface area contributed by atoms with Gasteiger partial charge in [-0.3, -0.25) is 19.2 Å². The molecule has 2 aliphatic carbocycles. The molecule has 8 heteroatoms. The summed E-state index contributed by atoms with van der Waals surface area (Å²) < 4.78 is 5.45. The fourth-order valence-corrected chi connectivity index (χ4v) is 4.66. The molecule has 0 saturated carbocycles. The number of ether oxygens (including phenoxy) is 1. The Bertz CT molecular complexity index is 1250. The Balaban J connectivity index is 2.06. The number of aliphatic hydroxyl groups is 1. The van der Waals surface area contributed by atoms with E-state index < -0.39 is 80.6 Å². The molecule has 0 amide bonds. The zero-order valence-corrected chi connectivity index (χ0v) is 18.7. The molecule has 0 radical (unpaired) electrons. The summed E-state index contributed by atoms with van der Waals surface area (Å²) in [6.07, 6.45) is -0.583. The third kappa shape index (κ3) is 3.24. The fraction of sp³-hybridized carbons (Fsp3) is 0.360. The molecule has 172 valence electrons. The van der Waals surface area contributed by atoms with E-state index in [1.165, 1.54) is 12.1 Å². The topological polar surface area (TPSA) is 138 Å². The molecule has 0 aliphatic heterocycles. The van der Waals surface area contributed by atoms with Crippen molar-refractivity contribution in [1.82, 2.24) is 0 Å². The Labute approximate surface area is 189 Å². The first kappa shape index (κ1) is 22.7. The molecule has 4 rings (SSSR count). The predicted molar refractivity (Wildman–Crippen MR) is 116 cm³/mol. The molecule has 2 aromatic rings. The SMILES string of the molecule is CCC1(O)CC(=O)c2c(O)c3c(c(O)c2[C@H]1C(=O)OC(C)(C)C)C(=O)c1ccccc1C3=O. The summed E-state index contributed by atoms with van der Waals surface area (Å²) in [7, 11) is 0. The van der Waals surface area contributed by atoms with Crippen molar-refractivity contribution < 1.29 is 39.2 Å². The summed E-state index contributed by atoms with van der Waals surface area (Å²) in [5.41, 5.74) is -4.69. The van der Waals surface area contributed by atoms with Crippen LogP contribution in [0.3, 0.4) is 0 Å². The minimum atomic E-state index is -1.93. The van der Waals surface area contributed by atoms with Crippen LogP contribution in [-0.2, 0) is 9.53 Å². The summed E-state index contributed by atoms with van der Waals surface area (Å²) in [5.74, 6) is -6.30. The van der Waals surface area contributed by atoms with Crippen molar-refractivity contribution in [3.63, 3.8) is 0 Å². The van der Waals surface area contributed by atoms with E-state index in [0.717, 1.165) is 0 Å². The molecule has 33 heavy (non-hydrogen) atoms. The van der Waals surface area contributed by atoms with E-state index in [9.17, 15) is 34.5 Å². The lowest BCUT2D eigenvalue weighted by molar-refractivity contribution is -0.164. The summed E-state index contributed by atoms with van der Waals surface area (Å²) >= 11 is 0. The Morgan fingerprint density at radius 1 is 1.00 bits per heavy atom. The first-order valence-corrected chi connectivity index (χ1v) is 10.6. The number of Topliss-reactive ketones (excluding diaryl/α,β-unsaturated/α-hetero) is 1. The van der Waals surface area contributed by atoms with Gasteiger partial charge < -0.3 is 20.1 Å². The number of hydrogen-bond acceptors (Lipinski definition) is 8. The summed E-state index contributed by atoms with van der Waals surface area (Å²) in [4.78, 5) is 52.6. The van der Waals surface area contributed by atoms with Gasteiger partial charge in [-0.15, -0.1) is 0 Å². The molecule has 0 bridgehead atoms. The van der Waals surface area contributed by atoms with Gasteiger partial charge in [-0.1, -0.05) is 31.2 Å². The summed E-state index contributed by atoms with van der Waals surface area (Å²) in [6.45, 7) is 6.42. The molecule has 2 atom stereocenters. The highest BCUT2D eigenvalue weighted by atomic mass is 16.6. The van der Waals surface area contributed by atoms with E-state index >= 15 is 0 Å². The van der Waals surface area contributed by atoms with Crippen LogP contribution < -0.4 is 0 Å². The highest BCUT2D eigenvalue weighted by Crippen LogP contribution is 2.52. The maximum atomic E-state index is 13.2. The first-order valence-electron chi connectivity index (χ1n) is 10.6. The molecular weight excluding hydrogens is 428 g/mol. The number of fused-ring (bicyclic) bond motifs is 3. The van der Waals surface area contributed by atoms with Crippen molar-refractivity contribution in [3.05, 3.63) is 57.6 Å². The smallest absolute Gasteiger partial charge is 0.317 e. The predicted octanol–water partition coefficient (Wildman–Crippen LogP) is 3.03. The first-order chi connectivity index (χ1) is 15.3. The number of carbonyl (C=O) groups excluding carboxylic acids is 4. The minimum absolute atomic E-state index is 0.0198. The van der Waals surface area contributed by atoms with Crippen LogP contribution in [0, 0.1) is 0 Å². The molecule has 3 N–H and O–H groups in total. The molecule has 0 spiro atoms. The number of phenols is 2. The van der Waals surface area contributed by atoms with Crippen molar-refractivity contribution in [3.8, 4) is 11.5 Å². The molecule has 0 saturated heterocycles. The van der Waals surface area contributed by atoms with Crippen LogP contribution >= 0.6 is 0 Å². The van der Waals surface area contributed by atoms with Crippen LogP contribution in [-0.4, -0.2) is 49.8 Å². The lowest BCUT2D eigenvalue weighted by atomic mass is 9.67. The van der Waals surface area contributed by atoms with Gasteiger partial charge in [0.25, 0.3) is 0 Å². The number of hydrogen-bond donors (Lipinski definition) is 3. The van der Waals surface area contributed by atoms with Crippen LogP contribution in [0.5, 0.6) is 11.5 Å². The second-order valence-electron chi connectivity index (χ2n) is 9.46. The number of phenolic OH excluding ortho intramolecular Hbond substituents is 2. The zero-order valence-electron chi connectivity index (χ0n) is 18.7. The second-order valence-corrected chi connectivity index (χ2v) is 9.46. The van der Waals surface area contributed by atoms with E-state index in [0.29, 0.717) is 0 Å². The molecule has 0 heterocycles. The van der Waals surface area contributed by atoms with Gasteiger partial charge in [-0.05, 0) is 27.2 Å². The highest BCUT2D eigenvalue weighted by Gasteiger charge is 2.54. The van der Waals surface area contributed by atoms with Gasteiger partial charge >= 0.3 is 5.97 Å². The summed E-state index contributed by atoms with van der Waals surface area (Å²) in [6, 6.07) is 5.92. The molecule has 1 unspecified atom stereocenters. The van der Waals surface area contributed by atoms with Gasteiger partial charge in [0.05, 0.1) is 22.3 Å². The van der Waals surface area contributed by atoms with Crippen molar-refractivity contribution >= 4 is 23.3 Å². The quantitative estimate of drug-likeness (QED) is 0.398. The number of rotatable bonds is 2. The van der Waals surface area contributed by atoms with Crippen LogP contribution in [0.1, 0.15) is 94.2 Å². The van der Waals surface area contributed by atoms with Crippen molar-refractivity contribution in [2.75, 3.05) is 0 Å². The maximum Gasteiger partial charge on any atom is 0.317 e. The van der Waals surface area contributed by atoms with Gasteiger partial charge in [-0.25, -0.2) is 0 Å². The number of carbonyl (C=O) groups is 4. The third-order valence-corrected chi connectivity index (χ3v) is 6.18. The zero-order chi connectivity index (χ0) is 24.5. The Kier molecular flexibility index (Phi) is 4.98. The van der Waals surface area contributed by atoms with Crippen molar-refractivity contribution in [2.24, 2.45) is 0 Å². The van der Waals surface area contributed by atoms with E-state index in [2.05, 4.69) is 0 Å². The lowest BCUT2D eigenvalue weighted by Gasteiger charge is -2.40. The largest absolute Gasteiger partial charge is 0.507 e. The van der Waals surface area contributed by atoms with E-state index in [1.54, 1.807) is 39.8 Å². The number of esters is 1. The molecule has 0 fully saturated rings. The van der Waals surface area contributed by atoms with Crippen molar-refractivity contribution in [1.29, 1.82) is 0 Å². The van der Waals surface area contributed by atoms with E-state index in [-0.39, 0.29) is 17.5 Å². The Morgan fingerprint density at radius 3 is 2.00 bits per heavy atom. The number of benzene rings is 2. The molecule has 0 aromatic heterocycles. The van der Waals surface area contributed by atoms with E-state index in [4.69, 9.17) is 4.74 Å². The molecule has 2 aliphatic rings. The van der Waals surface area contributed by atoms with Gasteiger partial charge in [0.2, 0.25) is 0 Å². The molecular formula is C25H24O8. The fourth-order valence-electron chi connectivity index (χ4n) is 4.66.